The van der Waals surface area contributed by atoms with Gasteiger partial charge in [0.2, 0.25) is 0 Å². The SMILES string of the molecule is COc1cccc(/C=C/C(C)CNc2ccccc2)c1. The van der Waals surface area contributed by atoms with Gasteiger partial charge in [0, 0.05) is 12.2 Å². The molecule has 0 saturated carbocycles. The van der Waals surface area contributed by atoms with Gasteiger partial charge in [-0.25, -0.2) is 0 Å². The number of hydrogen-bond donors (Lipinski definition) is 1. The molecule has 2 nitrogen and oxygen atoms in total. The molecule has 2 rings (SSSR count). The van der Waals surface area contributed by atoms with Crippen molar-refractivity contribution in [2.75, 3.05) is 19.0 Å². The van der Waals surface area contributed by atoms with Crippen molar-refractivity contribution >= 4 is 11.8 Å². The number of benzene rings is 2. The van der Waals surface area contributed by atoms with E-state index in [-0.39, 0.29) is 0 Å². The Balaban J connectivity index is 1.87. The van der Waals surface area contributed by atoms with Crippen LogP contribution >= 0.6 is 0 Å². The quantitative estimate of drug-likeness (QED) is 0.834. The van der Waals surface area contributed by atoms with Crippen LogP contribution in [0.1, 0.15) is 12.5 Å². The normalized spacial score (nSPS) is 12.3. The van der Waals surface area contributed by atoms with Crippen LogP contribution < -0.4 is 10.1 Å². The van der Waals surface area contributed by atoms with E-state index in [0.717, 1.165) is 23.5 Å². The van der Waals surface area contributed by atoms with Crippen LogP contribution in [0.3, 0.4) is 0 Å². The Bertz CT molecular complexity index is 548. The molecule has 1 atom stereocenters. The van der Waals surface area contributed by atoms with Crippen molar-refractivity contribution in [1.29, 1.82) is 0 Å². The van der Waals surface area contributed by atoms with Crippen molar-refractivity contribution in [2.24, 2.45) is 5.92 Å². The van der Waals surface area contributed by atoms with E-state index in [1.165, 1.54) is 0 Å². The van der Waals surface area contributed by atoms with Crippen LogP contribution in [0.15, 0.2) is 60.7 Å². The molecule has 20 heavy (non-hydrogen) atoms. The average Bonchev–Trinajstić information content (AvgIpc) is 2.52. The Morgan fingerprint density at radius 3 is 2.65 bits per heavy atom. The van der Waals surface area contributed by atoms with Gasteiger partial charge in [-0.2, -0.15) is 0 Å². The van der Waals surface area contributed by atoms with E-state index in [1.54, 1.807) is 7.11 Å². The summed E-state index contributed by atoms with van der Waals surface area (Å²) in [6.07, 6.45) is 4.35. The maximum absolute atomic E-state index is 5.22. The lowest BCUT2D eigenvalue weighted by molar-refractivity contribution is 0.414. The summed E-state index contributed by atoms with van der Waals surface area (Å²) in [4.78, 5) is 0. The first kappa shape index (κ1) is 14.2. The first-order chi connectivity index (χ1) is 9.78. The third-order valence-corrected chi connectivity index (χ3v) is 3.11. The van der Waals surface area contributed by atoms with Crippen molar-refractivity contribution in [3.63, 3.8) is 0 Å². The van der Waals surface area contributed by atoms with Gasteiger partial charge >= 0.3 is 0 Å². The molecule has 0 aliphatic rings. The molecule has 0 fully saturated rings. The van der Waals surface area contributed by atoms with E-state index in [9.17, 15) is 0 Å². The monoisotopic (exact) mass is 267 g/mol. The maximum atomic E-state index is 5.22. The Labute approximate surface area is 121 Å². The molecule has 2 heteroatoms. The van der Waals surface area contributed by atoms with Gasteiger partial charge in [0.05, 0.1) is 7.11 Å². The molecule has 0 aromatic heterocycles. The fourth-order valence-corrected chi connectivity index (χ4v) is 1.92. The van der Waals surface area contributed by atoms with Gasteiger partial charge in [-0.1, -0.05) is 49.4 Å². The predicted octanol–water partition coefficient (Wildman–Crippen LogP) is 4.46. The zero-order chi connectivity index (χ0) is 14.2. The van der Waals surface area contributed by atoms with Gasteiger partial charge < -0.3 is 10.1 Å². The van der Waals surface area contributed by atoms with E-state index in [4.69, 9.17) is 4.74 Å². The molecule has 0 aliphatic carbocycles. The van der Waals surface area contributed by atoms with Crippen molar-refractivity contribution in [1.82, 2.24) is 0 Å². The van der Waals surface area contributed by atoms with Gasteiger partial charge in [-0.05, 0) is 35.7 Å². The first-order valence-corrected chi connectivity index (χ1v) is 6.89. The molecule has 0 saturated heterocycles. The summed E-state index contributed by atoms with van der Waals surface area (Å²) < 4.78 is 5.22. The zero-order valence-corrected chi connectivity index (χ0v) is 12.0. The lowest BCUT2D eigenvalue weighted by atomic mass is 10.1. The van der Waals surface area contributed by atoms with Crippen molar-refractivity contribution < 1.29 is 4.74 Å². The van der Waals surface area contributed by atoms with Gasteiger partial charge in [0.1, 0.15) is 5.75 Å². The first-order valence-electron chi connectivity index (χ1n) is 6.89. The number of hydrogen-bond acceptors (Lipinski definition) is 2. The fourth-order valence-electron chi connectivity index (χ4n) is 1.92. The summed E-state index contributed by atoms with van der Waals surface area (Å²) in [5.74, 6) is 1.35. The highest BCUT2D eigenvalue weighted by Crippen LogP contribution is 2.15. The van der Waals surface area contributed by atoms with Crippen LogP contribution in [-0.2, 0) is 0 Å². The lowest BCUT2D eigenvalue weighted by Crippen LogP contribution is -2.08. The second kappa shape index (κ2) is 7.39. The van der Waals surface area contributed by atoms with Crippen LogP contribution in [-0.4, -0.2) is 13.7 Å². The summed E-state index contributed by atoms with van der Waals surface area (Å²) in [5.41, 5.74) is 2.32. The number of rotatable bonds is 6. The second-order valence-corrected chi connectivity index (χ2v) is 4.86. The Kier molecular flexibility index (Phi) is 5.24. The number of para-hydroxylation sites is 1. The fraction of sp³-hybridized carbons (Fsp3) is 0.222. The molecule has 0 amide bonds. The molecule has 1 N–H and O–H groups in total. The lowest BCUT2D eigenvalue weighted by Gasteiger charge is -2.09. The van der Waals surface area contributed by atoms with Crippen LogP contribution in [0.4, 0.5) is 5.69 Å². The highest BCUT2D eigenvalue weighted by molar-refractivity contribution is 5.52. The summed E-state index contributed by atoms with van der Waals surface area (Å²) >= 11 is 0. The van der Waals surface area contributed by atoms with Gasteiger partial charge in [-0.3, -0.25) is 0 Å². The number of nitrogens with one attached hydrogen (secondary N) is 1. The van der Waals surface area contributed by atoms with Crippen LogP contribution in [0.25, 0.3) is 6.08 Å². The summed E-state index contributed by atoms with van der Waals surface area (Å²) in [6.45, 7) is 3.12. The number of methoxy groups -OCH3 is 1. The van der Waals surface area contributed by atoms with Crippen molar-refractivity contribution in [3.05, 3.63) is 66.2 Å². The third kappa shape index (κ3) is 4.47. The van der Waals surface area contributed by atoms with Crippen molar-refractivity contribution in [3.8, 4) is 5.75 Å². The Morgan fingerprint density at radius 1 is 1.10 bits per heavy atom. The number of ether oxygens (including phenoxy) is 1. The number of anilines is 1. The minimum absolute atomic E-state index is 0.460. The second-order valence-electron chi connectivity index (χ2n) is 4.86. The van der Waals surface area contributed by atoms with E-state index in [2.05, 4.69) is 42.6 Å². The summed E-state index contributed by atoms with van der Waals surface area (Å²) in [7, 11) is 1.69. The molecule has 104 valence electrons. The highest BCUT2D eigenvalue weighted by atomic mass is 16.5. The molecule has 2 aromatic carbocycles. The Hall–Kier alpha value is -2.22. The summed E-state index contributed by atoms with van der Waals surface area (Å²) in [5, 5.41) is 3.43. The smallest absolute Gasteiger partial charge is 0.119 e. The predicted molar refractivity (Wildman–Crippen MR) is 86.1 cm³/mol. The highest BCUT2D eigenvalue weighted by Gasteiger charge is 1.98. The van der Waals surface area contributed by atoms with Crippen molar-refractivity contribution in [2.45, 2.75) is 6.92 Å². The molecule has 0 bridgehead atoms. The van der Waals surface area contributed by atoms with Gasteiger partial charge in [0.25, 0.3) is 0 Å². The molecule has 0 spiro atoms. The Morgan fingerprint density at radius 2 is 1.90 bits per heavy atom. The van der Waals surface area contributed by atoms with E-state index in [1.807, 2.05) is 36.4 Å². The molecule has 2 aromatic rings. The molecule has 0 aliphatic heterocycles. The molecular weight excluding hydrogens is 246 g/mol. The standard InChI is InChI=1S/C18H21NO/c1-15(14-19-17-8-4-3-5-9-17)11-12-16-7-6-10-18(13-16)20-2/h3-13,15,19H,14H2,1-2H3/b12-11+. The molecule has 0 radical (unpaired) electrons. The zero-order valence-electron chi connectivity index (χ0n) is 12.0. The molecular formula is C18H21NO. The van der Waals surface area contributed by atoms with Crippen LogP contribution in [0.2, 0.25) is 0 Å². The van der Waals surface area contributed by atoms with E-state index < -0.39 is 0 Å². The minimum Gasteiger partial charge on any atom is -0.497 e. The van der Waals surface area contributed by atoms with Gasteiger partial charge in [-0.15, -0.1) is 0 Å². The van der Waals surface area contributed by atoms with E-state index >= 15 is 0 Å². The van der Waals surface area contributed by atoms with Crippen LogP contribution in [0.5, 0.6) is 5.75 Å². The maximum Gasteiger partial charge on any atom is 0.119 e. The summed E-state index contributed by atoms with van der Waals surface area (Å²) in [6, 6.07) is 18.3. The molecule has 1 unspecified atom stereocenters. The topological polar surface area (TPSA) is 21.3 Å². The van der Waals surface area contributed by atoms with Crippen LogP contribution in [0, 0.1) is 5.92 Å². The minimum atomic E-state index is 0.460. The van der Waals surface area contributed by atoms with Gasteiger partial charge in [0.15, 0.2) is 0 Å². The third-order valence-electron chi connectivity index (χ3n) is 3.11. The van der Waals surface area contributed by atoms with E-state index in [0.29, 0.717) is 5.92 Å². The average molecular weight is 267 g/mol. The molecule has 0 heterocycles. The largest absolute Gasteiger partial charge is 0.497 e.